The minimum Gasteiger partial charge on any atom is -0.480 e. The Labute approximate surface area is 123 Å². The van der Waals surface area contributed by atoms with E-state index < -0.39 is 24.4 Å². The topological polar surface area (TPSA) is 78.9 Å². The third kappa shape index (κ3) is 5.14. The van der Waals surface area contributed by atoms with Gasteiger partial charge in [0.05, 0.1) is 11.1 Å². The lowest BCUT2D eigenvalue weighted by molar-refractivity contribution is -0.137. The zero-order chi connectivity index (χ0) is 15.1. The summed E-state index contributed by atoms with van der Waals surface area (Å²) in [6.07, 6.45) is 0. The summed E-state index contributed by atoms with van der Waals surface area (Å²) in [5.41, 5.74) is 0.357. The Kier molecular flexibility index (Phi) is 6.40. The number of methoxy groups -OCH3 is 1. The van der Waals surface area contributed by atoms with E-state index in [-0.39, 0.29) is 17.6 Å². The molecule has 0 aliphatic rings. The van der Waals surface area contributed by atoms with Gasteiger partial charge in [0, 0.05) is 19.3 Å². The number of hydrogen-bond donors (Lipinski definition) is 2. The maximum absolute atomic E-state index is 13.1. The standard InChI is InChI=1S/C12H14BrFN2O4/c1-20-5-4-16(7-11(17)18)12(19)15-8-2-3-10(14)9(13)6-8/h2-3,6H,4-5,7H2,1H3,(H,15,19)(H,17,18). The molecule has 0 aromatic heterocycles. The van der Waals surface area contributed by atoms with Gasteiger partial charge in [-0.15, -0.1) is 0 Å². The van der Waals surface area contributed by atoms with Crippen LogP contribution in [0.3, 0.4) is 0 Å². The van der Waals surface area contributed by atoms with Gasteiger partial charge in [-0.05, 0) is 34.1 Å². The van der Waals surface area contributed by atoms with Crippen molar-refractivity contribution >= 4 is 33.6 Å². The number of carbonyl (C=O) groups excluding carboxylic acids is 1. The summed E-state index contributed by atoms with van der Waals surface area (Å²) in [7, 11) is 1.45. The lowest BCUT2D eigenvalue weighted by atomic mass is 10.3. The molecule has 20 heavy (non-hydrogen) atoms. The maximum atomic E-state index is 13.1. The Hall–Kier alpha value is -1.67. The van der Waals surface area contributed by atoms with Gasteiger partial charge in [-0.25, -0.2) is 9.18 Å². The van der Waals surface area contributed by atoms with E-state index in [1.807, 2.05) is 0 Å². The van der Waals surface area contributed by atoms with Gasteiger partial charge in [-0.1, -0.05) is 0 Å². The number of urea groups is 1. The van der Waals surface area contributed by atoms with E-state index in [9.17, 15) is 14.0 Å². The molecule has 0 heterocycles. The second kappa shape index (κ2) is 7.81. The van der Waals surface area contributed by atoms with Crippen LogP contribution < -0.4 is 5.32 Å². The van der Waals surface area contributed by atoms with Crippen LogP contribution >= 0.6 is 15.9 Å². The number of ether oxygens (including phenoxy) is 1. The molecular weight excluding hydrogens is 335 g/mol. The number of carboxylic acid groups (broad SMARTS) is 1. The van der Waals surface area contributed by atoms with Crippen molar-refractivity contribution in [3.05, 3.63) is 28.5 Å². The molecule has 0 unspecified atom stereocenters. The number of aliphatic carboxylic acids is 1. The number of carboxylic acids is 1. The van der Waals surface area contributed by atoms with Crippen LogP contribution in [-0.4, -0.2) is 48.8 Å². The van der Waals surface area contributed by atoms with E-state index in [0.29, 0.717) is 5.69 Å². The molecule has 0 aliphatic heterocycles. The number of halogens is 2. The first-order valence-electron chi connectivity index (χ1n) is 5.65. The van der Waals surface area contributed by atoms with Gasteiger partial charge < -0.3 is 20.1 Å². The van der Waals surface area contributed by atoms with Crippen LogP contribution in [0.1, 0.15) is 0 Å². The summed E-state index contributed by atoms with van der Waals surface area (Å²) < 4.78 is 18.1. The van der Waals surface area contributed by atoms with Crippen LogP contribution in [0.2, 0.25) is 0 Å². The second-order valence-electron chi connectivity index (χ2n) is 3.87. The van der Waals surface area contributed by atoms with Crippen LogP contribution in [0.4, 0.5) is 14.9 Å². The zero-order valence-corrected chi connectivity index (χ0v) is 12.3. The third-order valence-corrected chi connectivity index (χ3v) is 2.96. The van der Waals surface area contributed by atoms with Gasteiger partial charge in [0.2, 0.25) is 0 Å². The van der Waals surface area contributed by atoms with Crippen molar-refractivity contribution in [2.75, 3.05) is 32.1 Å². The van der Waals surface area contributed by atoms with E-state index in [4.69, 9.17) is 9.84 Å². The fourth-order valence-electron chi connectivity index (χ4n) is 1.39. The highest BCUT2D eigenvalue weighted by Crippen LogP contribution is 2.20. The highest BCUT2D eigenvalue weighted by molar-refractivity contribution is 9.10. The van der Waals surface area contributed by atoms with Crippen LogP contribution in [0, 0.1) is 5.82 Å². The smallest absolute Gasteiger partial charge is 0.323 e. The molecular formula is C12H14BrFN2O4. The summed E-state index contributed by atoms with van der Waals surface area (Å²) in [5, 5.41) is 11.3. The lowest BCUT2D eigenvalue weighted by Crippen LogP contribution is -2.40. The van der Waals surface area contributed by atoms with Crippen molar-refractivity contribution in [3.63, 3.8) is 0 Å². The fourth-order valence-corrected chi connectivity index (χ4v) is 1.77. The molecule has 0 fully saturated rings. The van der Waals surface area contributed by atoms with Crippen molar-refractivity contribution in [1.82, 2.24) is 4.90 Å². The van der Waals surface area contributed by atoms with Gasteiger partial charge in [0.1, 0.15) is 12.4 Å². The van der Waals surface area contributed by atoms with E-state index in [0.717, 1.165) is 4.90 Å². The molecule has 6 nitrogen and oxygen atoms in total. The molecule has 110 valence electrons. The van der Waals surface area contributed by atoms with E-state index >= 15 is 0 Å². The molecule has 2 N–H and O–H groups in total. The maximum Gasteiger partial charge on any atom is 0.323 e. The van der Waals surface area contributed by atoms with Gasteiger partial charge in [0.25, 0.3) is 0 Å². The Morgan fingerprint density at radius 1 is 1.50 bits per heavy atom. The Bertz CT molecular complexity index is 498. The predicted octanol–water partition coefficient (Wildman–Crippen LogP) is 2.15. The van der Waals surface area contributed by atoms with Crippen LogP contribution in [-0.2, 0) is 9.53 Å². The molecule has 0 radical (unpaired) electrons. The summed E-state index contributed by atoms with van der Waals surface area (Å²) in [4.78, 5) is 23.7. The van der Waals surface area contributed by atoms with Gasteiger partial charge in [-0.3, -0.25) is 4.79 Å². The third-order valence-electron chi connectivity index (χ3n) is 2.35. The van der Waals surface area contributed by atoms with Crippen molar-refractivity contribution in [2.24, 2.45) is 0 Å². The van der Waals surface area contributed by atoms with E-state index in [2.05, 4.69) is 21.2 Å². The molecule has 1 rings (SSSR count). The largest absolute Gasteiger partial charge is 0.480 e. The molecule has 0 aliphatic carbocycles. The predicted molar refractivity (Wildman–Crippen MR) is 74.2 cm³/mol. The summed E-state index contributed by atoms with van der Waals surface area (Å²) in [6, 6.07) is 3.37. The highest BCUT2D eigenvalue weighted by Gasteiger charge is 2.16. The van der Waals surface area contributed by atoms with E-state index in [1.165, 1.54) is 25.3 Å². The SMILES string of the molecule is COCCN(CC(=O)O)C(=O)Nc1ccc(F)c(Br)c1. The molecule has 8 heteroatoms. The van der Waals surface area contributed by atoms with Gasteiger partial charge in [-0.2, -0.15) is 0 Å². The number of hydrogen-bond acceptors (Lipinski definition) is 3. The van der Waals surface area contributed by atoms with Crippen molar-refractivity contribution in [2.45, 2.75) is 0 Å². The second-order valence-corrected chi connectivity index (χ2v) is 4.72. The quantitative estimate of drug-likeness (QED) is 0.825. The minimum absolute atomic E-state index is 0.136. The van der Waals surface area contributed by atoms with Gasteiger partial charge >= 0.3 is 12.0 Å². The van der Waals surface area contributed by atoms with Gasteiger partial charge in [0.15, 0.2) is 0 Å². The average molecular weight is 349 g/mol. The van der Waals surface area contributed by atoms with E-state index in [1.54, 1.807) is 0 Å². The first-order chi connectivity index (χ1) is 9.43. The summed E-state index contributed by atoms with van der Waals surface area (Å²) in [6.45, 7) is -0.0949. The molecule has 1 aromatic rings. The summed E-state index contributed by atoms with van der Waals surface area (Å²) in [5.74, 6) is -1.58. The first kappa shape index (κ1) is 16.4. The monoisotopic (exact) mass is 348 g/mol. The lowest BCUT2D eigenvalue weighted by Gasteiger charge is -2.20. The first-order valence-corrected chi connectivity index (χ1v) is 6.45. The molecule has 2 amide bonds. The number of nitrogens with one attached hydrogen (secondary N) is 1. The Balaban J connectivity index is 2.73. The summed E-state index contributed by atoms with van der Waals surface area (Å²) >= 11 is 3.00. The number of anilines is 1. The Morgan fingerprint density at radius 2 is 2.20 bits per heavy atom. The molecule has 0 saturated heterocycles. The molecule has 0 bridgehead atoms. The van der Waals surface area contributed by atoms with Crippen molar-refractivity contribution in [3.8, 4) is 0 Å². The van der Waals surface area contributed by atoms with Crippen molar-refractivity contribution in [1.29, 1.82) is 0 Å². The normalized spacial score (nSPS) is 10.2. The highest BCUT2D eigenvalue weighted by atomic mass is 79.9. The van der Waals surface area contributed by atoms with Crippen LogP contribution in [0.5, 0.6) is 0 Å². The Morgan fingerprint density at radius 3 is 2.75 bits per heavy atom. The molecule has 0 spiro atoms. The fraction of sp³-hybridized carbons (Fsp3) is 0.333. The van der Waals surface area contributed by atoms with Crippen LogP contribution in [0.15, 0.2) is 22.7 Å². The molecule has 0 atom stereocenters. The number of carbonyl (C=O) groups is 2. The number of nitrogens with zero attached hydrogens (tertiary/aromatic N) is 1. The molecule has 0 saturated carbocycles. The van der Waals surface area contributed by atoms with Crippen molar-refractivity contribution < 1.29 is 23.8 Å². The zero-order valence-electron chi connectivity index (χ0n) is 10.7. The van der Waals surface area contributed by atoms with Crippen LogP contribution in [0.25, 0.3) is 0 Å². The number of rotatable bonds is 6. The minimum atomic E-state index is -1.13. The number of benzene rings is 1. The average Bonchev–Trinajstić information content (AvgIpc) is 2.38. The molecule has 1 aromatic carbocycles. The number of amides is 2.